The van der Waals surface area contributed by atoms with E-state index in [1.807, 2.05) is 0 Å². The first-order valence-corrected chi connectivity index (χ1v) is 5.85. The largest absolute Gasteiger partial charge is 0.500 e. The molecule has 0 amide bonds. The summed E-state index contributed by atoms with van der Waals surface area (Å²) in [4.78, 5) is 0. The molecule has 0 unspecified atom stereocenters. The number of hydrogen-bond acceptors (Lipinski definition) is 3. The lowest BCUT2D eigenvalue weighted by molar-refractivity contribution is 0.122. The van der Waals surface area contributed by atoms with Crippen molar-refractivity contribution >= 4 is 8.80 Å². The molecule has 1 aliphatic carbocycles. The lowest BCUT2D eigenvalue weighted by Gasteiger charge is -2.23. The van der Waals surface area contributed by atoms with E-state index in [-0.39, 0.29) is 0 Å². The van der Waals surface area contributed by atoms with Crippen molar-refractivity contribution in [1.29, 1.82) is 0 Å². The van der Waals surface area contributed by atoms with E-state index in [4.69, 9.17) is 13.3 Å². The van der Waals surface area contributed by atoms with Crippen LogP contribution in [0.1, 0.15) is 12.8 Å². The van der Waals surface area contributed by atoms with Crippen molar-refractivity contribution < 1.29 is 13.3 Å². The maximum atomic E-state index is 5.28. The zero-order valence-corrected chi connectivity index (χ0v) is 8.42. The number of rotatable bonds is 5. The molecule has 0 bridgehead atoms. The third kappa shape index (κ3) is 2.26. The minimum atomic E-state index is -2.22. The van der Waals surface area contributed by atoms with E-state index in [2.05, 4.69) is 0 Å². The molecule has 0 aromatic heterocycles. The zero-order valence-electron chi connectivity index (χ0n) is 7.42. The molecule has 0 heterocycles. The van der Waals surface area contributed by atoms with Crippen LogP contribution in [0.3, 0.4) is 0 Å². The van der Waals surface area contributed by atoms with Crippen molar-refractivity contribution in [3.63, 3.8) is 0 Å². The standard InChI is InChI=1S/C7H16O3Si/c1-8-11(9-2,10-3)6-7-4-5-7/h7H,4-6H2,1-3H3. The first-order valence-electron chi connectivity index (χ1n) is 3.92. The second kappa shape index (κ2) is 3.67. The summed E-state index contributed by atoms with van der Waals surface area (Å²) in [5.74, 6) is 0.793. The molecule has 0 radical (unpaired) electrons. The van der Waals surface area contributed by atoms with Gasteiger partial charge in [-0.15, -0.1) is 0 Å². The summed E-state index contributed by atoms with van der Waals surface area (Å²) in [5, 5.41) is 0. The Morgan fingerprint density at radius 3 is 1.82 bits per heavy atom. The molecule has 0 aromatic carbocycles. The molecule has 0 aromatic rings. The van der Waals surface area contributed by atoms with Crippen LogP contribution in [-0.4, -0.2) is 30.1 Å². The van der Waals surface area contributed by atoms with Gasteiger partial charge in [0.25, 0.3) is 0 Å². The molecular formula is C7H16O3Si. The molecule has 0 aliphatic heterocycles. The molecule has 1 rings (SSSR count). The summed E-state index contributed by atoms with van der Waals surface area (Å²) in [6.07, 6.45) is 2.62. The van der Waals surface area contributed by atoms with Crippen molar-refractivity contribution in [2.24, 2.45) is 5.92 Å². The molecule has 0 saturated heterocycles. The van der Waals surface area contributed by atoms with Gasteiger partial charge in [0.15, 0.2) is 0 Å². The molecule has 1 fully saturated rings. The minimum absolute atomic E-state index is 0.793. The van der Waals surface area contributed by atoms with E-state index in [1.54, 1.807) is 21.3 Å². The van der Waals surface area contributed by atoms with Gasteiger partial charge in [0.05, 0.1) is 0 Å². The maximum absolute atomic E-state index is 5.28. The van der Waals surface area contributed by atoms with Gasteiger partial charge in [0, 0.05) is 27.4 Å². The Balaban J connectivity index is 2.39. The highest BCUT2D eigenvalue weighted by Crippen LogP contribution is 2.37. The fraction of sp³-hybridized carbons (Fsp3) is 1.00. The predicted molar refractivity (Wildman–Crippen MR) is 44.3 cm³/mol. The summed E-state index contributed by atoms with van der Waals surface area (Å²) in [6, 6.07) is 0.983. The van der Waals surface area contributed by atoms with Crippen LogP contribution in [0.2, 0.25) is 6.04 Å². The van der Waals surface area contributed by atoms with Crippen molar-refractivity contribution in [3.8, 4) is 0 Å². The molecule has 1 aliphatic rings. The Morgan fingerprint density at radius 1 is 1.09 bits per heavy atom. The van der Waals surface area contributed by atoms with Gasteiger partial charge in [0.1, 0.15) is 0 Å². The second-order valence-electron chi connectivity index (χ2n) is 2.94. The molecule has 1 saturated carbocycles. The summed E-state index contributed by atoms with van der Waals surface area (Å²) < 4.78 is 15.8. The topological polar surface area (TPSA) is 27.7 Å². The fourth-order valence-electron chi connectivity index (χ4n) is 1.18. The van der Waals surface area contributed by atoms with Crippen LogP contribution >= 0.6 is 0 Å². The van der Waals surface area contributed by atoms with Crippen LogP contribution in [0.15, 0.2) is 0 Å². The second-order valence-corrected chi connectivity index (χ2v) is 5.94. The first kappa shape index (κ1) is 9.19. The monoisotopic (exact) mass is 176 g/mol. The summed E-state index contributed by atoms with van der Waals surface area (Å²) in [6.45, 7) is 0. The Hall–Kier alpha value is 0.0969. The average Bonchev–Trinajstić information content (AvgIpc) is 2.84. The highest BCUT2D eigenvalue weighted by molar-refractivity contribution is 6.60. The average molecular weight is 176 g/mol. The third-order valence-electron chi connectivity index (χ3n) is 2.17. The van der Waals surface area contributed by atoms with Gasteiger partial charge in [-0.3, -0.25) is 0 Å². The van der Waals surface area contributed by atoms with Gasteiger partial charge in [-0.2, -0.15) is 0 Å². The smallest absolute Gasteiger partial charge is 0.377 e. The van der Waals surface area contributed by atoms with E-state index in [0.717, 1.165) is 12.0 Å². The summed E-state index contributed by atoms with van der Waals surface area (Å²) in [7, 11) is 2.79. The van der Waals surface area contributed by atoms with Gasteiger partial charge in [-0.05, 0) is 5.92 Å². The van der Waals surface area contributed by atoms with Crippen LogP contribution in [0.5, 0.6) is 0 Å². The summed E-state index contributed by atoms with van der Waals surface area (Å²) >= 11 is 0. The first-order chi connectivity index (χ1) is 5.26. The molecule has 3 nitrogen and oxygen atoms in total. The highest BCUT2D eigenvalue weighted by Gasteiger charge is 2.43. The normalized spacial score (nSPS) is 18.8. The van der Waals surface area contributed by atoms with Crippen molar-refractivity contribution in [2.45, 2.75) is 18.9 Å². The quantitative estimate of drug-likeness (QED) is 0.590. The van der Waals surface area contributed by atoms with Crippen molar-refractivity contribution in [2.75, 3.05) is 21.3 Å². The van der Waals surface area contributed by atoms with Gasteiger partial charge in [-0.25, -0.2) is 0 Å². The van der Waals surface area contributed by atoms with Gasteiger partial charge >= 0.3 is 8.80 Å². The van der Waals surface area contributed by atoms with E-state index in [0.29, 0.717) is 0 Å². The van der Waals surface area contributed by atoms with Crippen LogP contribution in [0.4, 0.5) is 0 Å². The molecular weight excluding hydrogens is 160 g/mol. The summed E-state index contributed by atoms with van der Waals surface area (Å²) in [5.41, 5.74) is 0. The van der Waals surface area contributed by atoms with E-state index in [1.165, 1.54) is 12.8 Å². The van der Waals surface area contributed by atoms with E-state index < -0.39 is 8.80 Å². The molecule has 66 valence electrons. The van der Waals surface area contributed by atoms with Crippen molar-refractivity contribution in [3.05, 3.63) is 0 Å². The Labute approximate surface area is 69.0 Å². The van der Waals surface area contributed by atoms with Crippen LogP contribution in [0, 0.1) is 5.92 Å². The van der Waals surface area contributed by atoms with Crippen LogP contribution < -0.4 is 0 Å². The maximum Gasteiger partial charge on any atom is 0.500 e. The lowest BCUT2D eigenvalue weighted by atomic mass is 10.5. The Kier molecular flexibility index (Phi) is 3.06. The minimum Gasteiger partial charge on any atom is -0.377 e. The zero-order chi connectivity index (χ0) is 8.32. The van der Waals surface area contributed by atoms with Gasteiger partial charge < -0.3 is 13.3 Å². The lowest BCUT2D eigenvalue weighted by Crippen LogP contribution is -2.43. The van der Waals surface area contributed by atoms with Gasteiger partial charge in [0.2, 0.25) is 0 Å². The Bertz CT molecular complexity index is 113. The molecule has 0 N–H and O–H groups in total. The van der Waals surface area contributed by atoms with E-state index in [9.17, 15) is 0 Å². The molecule has 0 atom stereocenters. The van der Waals surface area contributed by atoms with Crippen LogP contribution in [0.25, 0.3) is 0 Å². The number of hydrogen-bond donors (Lipinski definition) is 0. The molecule has 0 spiro atoms. The predicted octanol–water partition coefficient (Wildman–Crippen LogP) is 1.27. The Morgan fingerprint density at radius 2 is 1.55 bits per heavy atom. The SMILES string of the molecule is CO[Si](CC1CC1)(OC)OC. The highest BCUT2D eigenvalue weighted by atomic mass is 28.4. The van der Waals surface area contributed by atoms with Crippen molar-refractivity contribution in [1.82, 2.24) is 0 Å². The van der Waals surface area contributed by atoms with Gasteiger partial charge in [-0.1, -0.05) is 12.8 Å². The molecule has 11 heavy (non-hydrogen) atoms. The van der Waals surface area contributed by atoms with E-state index >= 15 is 0 Å². The third-order valence-corrected chi connectivity index (χ3v) is 5.11. The molecule has 4 heteroatoms. The van der Waals surface area contributed by atoms with Crippen LogP contribution in [-0.2, 0) is 13.3 Å². The fourth-order valence-corrected chi connectivity index (χ4v) is 3.29.